The highest BCUT2D eigenvalue weighted by molar-refractivity contribution is 9.10. The van der Waals surface area contributed by atoms with Crippen LogP contribution in [0.15, 0.2) is 46.0 Å². The Balaban J connectivity index is 1.82. The lowest BCUT2D eigenvalue weighted by Crippen LogP contribution is -2.25. The maximum Gasteiger partial charge on any atom is 0.365 e. The molecule has 136 valence electrons. The summed E-state index contributed by atoms with van der Waals surface area (Å²) in [7, 11) is 3.15. The highest BCUT2D eigenvalue weighted by atomic mass is 79.9. The largest absolute Gasteiger partial charge is 0.497 e. The zero-order valence-electron chi connectivity index (χ0n) is 14.6. The molecule has 2 aromatic rings. The summed E-state index contributed by atoms with van der Waals surface area (Å²) in [6, 6.07) is 10.4. The average Bonchev–Trinajstić information content (AvgIpc) is 2.64. The molecule has 2 aromatic carbocycles. The summed E-state index contributed by atoms with van der Waals surface area (Å²) in [6.45, 7) is 1.93. The van der Waals surface area contributed by atoms with E-state index in [1.54, 1.807) is 38.5 Å². The molecular formula is C19H18BrNO5. The molecule has 0 fully saturated rings. The van der Waals surface area contributed by atoms with Crippen molar-refractivity contribution in [3.8, 4) is 17.2 Å². The van der Waals surface area contributed by atoms with Crippen LogP contribution in [-0.2, 0) is 4.84 Å². The van der Waals surface area contributed by atoms with Gasteiger partial charge in [0, 0.05) is 18.1 Å². The molecule has 6 nitrogen and oxygen atoms in total. The van der Waals surface area contributed by atoms with Crippen molar-refractivity contribution in [3.63, 3.8) is 0 Å². The third kappa shape index (κ3) is 3.83. The number of benzene rings is 2. The highest BCUT2D eigenvalue weighted by Crippen LogP contribution is 2.32. The second kappa shape index (κ2) is 7.78. The fraction of sp³-hybridized carbons (Fsp3) is 0.263. The number of oxime groups is 1. The van der Waals surface area contributed by atoms with Gasteiger partial charge in [-0.25, -0.2) is 4.79 Å². The minimum atomic E-state index is -0.546. The summed E-state index contributed by atoms with van der Waals surface area (Å²) in [4.78, 5) is 17.4. The predicted molar refractivity (Wildman–Crippen MR) is 100 cm³/mol. The summed E-state index contributed by atoms with van der Waals surface area (Å²) < 4.78 is 16.9. The number of rotatable bonds is 4. The quantitative estimate of drug-likeness (QED) is 0.548. The van der Waals surface area contributed by atoms with Crippen molar-refractivity contribution in [1.82, 2.24) is 0 Å². The van der Waals surface area contributed by atoms with Crippen LogP contribution in [0, 0.1) is 0 Å². The van der Waals surface area contributed by atoms with Gasteiger partial charge in [0.15, 0.2) is 0 Å². The van der Waals surface area contributed by atoms with E-state index in [4.69, 9.17) is 19.0 Å². The smallest absolute Gasteiger partial charge is 0.365 e. The van der Waals surface area contributed by atoms with Crippen molar-refractivity contribution < 1.29 is 23.8 Å². The van der Waals surface area contributed by atoms with Crippen molar-refractivity contribution >= 4 is 27.6 Å². The Bertz CT molecular complexity index is 865. The van der Waals surface area contributed by atoms with E-state index in [1.165, 1.54) is 0 Å². The number of hydrogen-bond donors (Lipinski definition) is 0. The van der Waals surface area contributed by atoms with Gasteiger partial charge in [0.05, 0.1) is 30.0 Å². The molecule has 0 spiro atoms. The number of methoxy groups -OCH3 is 2. The molecule has 0 amide bonds. The lowest BCUT2D eigenvalue weighted by Gasteiger charge is -2.24. The average molecular weight is 420 g/mol. The number of carbonyl (C=O) groups is 1. The van der Waals surface area contributed by atoms with Gasteiger partial charge in [-0.1, -0.05) is 5.16 Å². The van der Waals surface area contributed by atoms with Crippen molar-refractivity contribution in [2.75, 3.05) is 14.2 Å². The van der Waals surface area contributed by atoms with Crippen molar-refractivity contribution in [2.24, 2.45) is 5.16 Å². The minimum Gasteiger partial charge on any atom is -0.497 e. The monoisotopic (exact) mass is 419 g/mol. The van der Waals surface area contributed by atoms with Gasteiger partial charge < -0.3 is 19.0 Å². The lowest BCUT2D eigenvalue weighted by atomic mass is 10.0. The van der Waals surface area contributed by atoms with Crippen molar-refractivity contribution in [3.05, 3.63) is 52.0 Å². The molecule has 0 N–H and O–H groups in total. The van der Waals surface area contributed by atoms with Crippen LogP contribution in [-0.4, -0.2) is 32.0 Å². The van der Waals surface area contributed by atoms with E-state index in [0.29, 0.717) is 39.4 Å². The standard InChI is InChI=1S/C19H18BrNO5/c1-11-8-16(14-6-5-13(23-2)10-18(14)25-11)21-26-19(22)12-4-7-17(24-3)15(20)9-12/h4-7,9-11H,8H2,1-3H3/b21-16+/t11-/m1/s1. The molecular weight excluding hydrogens is 402 g/mol. The summed E-state index contributed by atoms with van der Waals surface area (Å²) in [5, 5.41) is 4.08. The van der Waals surface area contributed by atoms with Crippen LogP contribution in [0.4, 0.5) is 0 Å². The number of halogens is 1. The second-order valence-electron chi connectivity index (χ2n) is 5.76. The zero-order chi connectivity index (χ0) is 18.7. The van der Waals surface area contributed by atoms with E-state index in [1.807, 2.05) is 19.1 Å². The van der Waals surface area contributed by atoms with Crippen LogP contribution in [0.2, 0.25) is 0 Å². The molecule has 0 bridgehead atoms. The Hall–Kier alpha value is -2.54. The topological polar surface area (TPSA) is 66.3 Å². The van der Waals surface area contributed by atoms with Crippen LogP contribution in [0.25, 0.3) is 0 Å². The first-order chi connectivity index (χ1) is 12.5. The van der Waals surface area contributed by atoms with Crippen molar-refractivity contribution in [2.45, 2.75) is 19.4 Å². The molecule has 1 aliphatic heterocycles. The van der Waals surface area contributed by atoms with Crippen LogP contribution in [0.3, 0.4) is 0 Å². The van der Waals surface area contributed by atoms with Crippen LogP contribution >= 0.6 is 15.9 Å². The third-order valence-corrected chi connectivity index (χ3v) is 4.55. The van der Waals surface area contributed by atoms with Crippen molar-refractivity contribution in [1.29, 1.82) is 0 Å². The van der Waals surface area contributed by atoms with Gasteiger partial charge in [-0.2, -0.15) is 0 Å². The van der Waals surface area contributed by atoms with E-state index >= 15 is 0 Å². The molecule has 1 aliphatic rings. The lowest BCUT2D eigenvalue weighted by molar-refractivity contribution is 0.0513. The molecule has 26 heavy (non-hydrogen) atoms. The van der Waals surface area contributed by atoms with Crippen LogP contribution in [0.5, 0.6) is 17.2 Å². The molecule has 0 saturated heterocycles. The second-order valence-corrected chi connectivity index (χ2v) is 6.62. The van der Waals surface area contributed by atoms with Gasteiger partial charge >= 0.3 is 5.97 Å². The summed E-state index contributed by atoms with van der Waals surface area (Å²) in [6.07, 6.45) is 0.459. The third-order valence-electron chi connectivity index (χ3n) is 3.93. The first kappa shape index (κ1) is 18.3. The number of carbonyl (C=O) groups excluding carboxylic acids is 1. The normalized spacial score (nSPS) is 17.2. The van der Waals surface area contributed by atoms with Gasteiger partial charge in [-0.3, -0.25) is 0 Å². The number of nitrogens with zero attached hydrogens (tertiary/aromatic N) is 1. The molecule has 1 atom stereocenters. The molecule has 7 heteroatoms. The molecule has 0 aliphatic carbocycles. The Morgan fingerprint density at radius 2 is 2.00 bits per heavy atom. The van der Waals surface area contributed by atoms with Gasteiger partial charge in [-0.15, -0.1) is 0 Å². The SMILES string of the molecule is COc1ccc2c(c1)O[C@H](C)C/C2=N\OC(=O)c1ccc(OC)c(Br)c1. The van der Waals surface area contributed by atoms with Gasteiger partial charge in [0.25, 0.3) is 0 Å². The molecule has 0 saturated carbocycles. The number of ether oxygens (including phenoxy) is 3. The highest BCUT2D eigenvalue weighted by Gasteiger charge is 2.24. The maximum absolute atomic E-state index is 12.3. The van der Waals surface area contributed by atoms with E-state index in [0.717, 1.165) is 5.56 Å². The minimum absolute atomic E-state index is 0.0813. The molecule has 1 heterocycles. The summed E-state index contributed by atoms with van der Waals surface area (Å²) in [5.41, 5.74) is 1.81. The molecule has 0 unspecified atom stereocenters. The molecule has 0 aromatic heterocycles. The fourth-order valence-electron chi connectivity index (χ4n) is 2.64. The molecule has 0 radical (unpaired) electrons. The number of hydrogen-bond acceptors (Lipinski definition) is 6. The Kier molecular flexibility index (Phi) is 5.46. The Labute approximate surface area is 159 Å². The number of fused-ring (bicyclic) bond motifs is 1. The van der Waals surface area contributed by atoms with E-state index in [2.05, 4.69) is 21.1 Å². The van der Waals surface area contributed by atoms with Crippen LogP contribution < -0.4 is 14.2 Å². The van der Waals surface area contributed by atoms with E-state index in [9.17, 15) is 4.79 Å². The summed E-state index contributed by atoms with van der Waals surface area (Å²) in [5.74, 6) is 1.44. The fourth-order valence-corrected chi connectivity index (χ4v) is 3.18. The Morgan fingerprint density at radius 3 is 2.69 bits per heavy atom. The van der Waals surface area contributed by atoms with E-state index < -0.39 is 5.97 Å². The Morgan fingerprint density at radius 1 is 1.19 bits per heavy atom. The summed E-state index contributed by atoms with van der Waals surface area (Å²) >= 11 is 3.35. The van der Waals surface area contributed by atoms with Gasteiger partial charge in [0.1, 0.15) is 23.4 Å². The predicted octanol–water partition coefficient (Wildman–Crippen LogP) is 4.20. The van der Waals surface area contributed by atoms with E-state index in [-0.39, 0.29) is 6.10 Å². The first-order valence-electron chi connectivity index (χ1n) is 7.98. The van der Waals surface area contributed by atoms with Gasteiger partial charge in [-0.05, 0) is 53.2 Å². The van der Waals surface area contributed by atoms with Gasteiger partial charge in [0.2, 0.25) is 0 Å². The van der Waals surface area contributed by atoms with Crippen LogP contribution in [0.1, 0.15) is 29.3 Å². The maximum atomic E-state index is 12.3. The first-order valence-corrected chi connectivity index (χ1v) is 8.78. The zero-order valence-corrected chi connectivity index (χ0v) is 16.2. The molecule has 3 rings (SSSR count).